The highest BCUT2D eigenvalue weighted by Gasteiger charge is 2.48. The molecule has 0 aliphatic heterocycles. The van der Waals surface area contributed by atoms with E-state index in [9.17, 15) is 5.11 Å². The lowest BCUT2D eigenvalue weighted by Crippen LogP contribution is -2.57. The summed E-state index contributed by atoms with van der Waals surface area (Å²) in [4.78, 5) is 6.87. The first-order chi connectivity index (χ1) is 10.0. The van der Waals surface area contributed by atoms with E-state index in [1.165, 1.54) is 18.4 Å². The van der Waals surface area contributed by atoms with Gasteiger partial charge < -0.3 is 10.0 Å². The molecule has 3 nitrogen and oxygen atoms in total. The number of fused-ring (bicyclic) bond motifs is 1. The molecule has 3 heteroatoms. The lowest BCUT2D eigenvalue weighted by Gasteiger charge is -2.50. The molecule has 1 heterocycles. The molecular formula is C18H28N2O. The Bertz CT molecular complexity index is 502. The number of rotatable bonds is 3. The van der Waals surface area contributed by atoms with Crippen molar-refractivity contribution in [3.63, 3.8) is 0 Å². The quantitative estimate of drug-likeness (QED) is 0.929. The molecule has 4 atom stereocenters. The second-order valence-electron chi connectivity index (χ2n) is 7.34. The fourth-order valence-electron chi connectivity index (χ4n) is 4.63. The van der Waals surface area contributed by atoms with Gasteiger partial charge in [0.25, 0.3) is 0 Å². The number of hydrogen-bond acceptors (Lipinski definition) is 3. The average molecular weight is 288 g/mol. The molecule has 21 heavy (non-hydrogen) atoms. The highest BCUT2D eigenvalue weighted by Crippen LogP contribution is 2.45. The van der Waals surface area contributed by atoms with Gasteiger partial charge >= 0.3 is 0 Å². The lowest BCUT2D eigenvalue weighted by molar-refractivity contribution is -0.0563. The van der Waals surface area contributed by atoms with Crippen molar-refractivity contribution in [1.82, 2.24) is 9.88 Å². The predicted octanol–water partition coefficient (Wildman–Crippen LogP) is 2.98. The summed E-state index contributed by atoms with van der Waals surface area (Å²) in [7, 11) is 4.27. The van der Waals surface area contributed by atoms with Crippen molar-refractivity contribution in [3.05, 3.63) is 29.6 Å². The first-order valence-corrected chi connectivity index (χ1v) is 8.34. The van der Waals surface area contributed by atoms with Gasteiger partial charge in [-0.15, -0.1) is 0 Å². The third kappa shape index (κ3) is 2.51. The maximum absolute atomic E-state index is 11.3. The lowest BCUT2D eigenvalue weighted by atomic mass is 9.69. The van der Waals surface area contributed by atoms with Crippen molar-refractivity contribution in [1.29, 1.82) is 0 Å². The Labute approximate surface area is 128 Å². The molecular weight excluding hydrogens is 260 g/mol. The second-order valence-corrected chi connectivity index (χ2v) is 7.34. The molecule has 3 rings (SSSR count). The Balaban J connectivity index is 1.91. The van der Waals surface area contributed by atoms with Crippen LogP contribution in [0, 0.1) is 5.92 Å². The van der Waals surface area contributed by atoms with Gasteiger partial charge in [0.05, 0.1) is 6.10 Å². The summed E-state index contributed by atoms with van der Waals surface area (Å²) in [5.74, 6) is 0.898. The van der Waals surface area contributed by atoms with Gasteiger partial charge in [-0.25, -0.2) is 0 Å². The summed E-state index contributed by atoms with van der Waals surface area (Å²) >= 11 is 0. The van der Waals surface area contributed by atoms with Gasteiger partial charge in [0.1, 0.15) is 0 Å². The first-order valence-electron chi connectivity index (χ1n) is 8.34. The highest BCUT2D eigenvalue weighted by molar-refractivity contribution is 5.30. The maximum Gasteiger partial charge on any atom is 0.0807 e. The number of likely N-dealkylation sites (N-methyl/N-ethyl adjacent to an activating group) is 1. The molecule has 1 aromatic rings. The molecule has 0 amide bonds. The number of pyridine rings is 1. The Morgan fingerprint density at radius 3 is 2.90 bits per heavy atom. The van der Waals surface area contributed by atoms with Crippen LogP contribution in [0.3, 0.4) is 0 Å². The van der Waals surface area contributed by atoms with Crippen molar-refractivity contribution in [3.8, 4) is 0 Å². The second kappa shape index (κ2) is 5.69. The highest BCUT2D eigenvalue weighted by atomic mass is 16.3. The largest absolute Gasteiger partial charge is 0.390 e. The van der Waals surface area contributed by atoms with Crippen molar-refractivity contribution < 1.29 is 5.11 Å². The van der Waals surface area contributed by atoms with E-state index in [0.29, 0.717) is 5.92 Å². The van der Waals surface area contributed by atoms with Crippen LogP contribution in [0.4, 0.5) is 0 Å². The fourth-order valence-corrected chi connectivity index (χ4v) is 4.63. The van der Waals surface area contributed by atoms with Crippen LogP contribution in [0.2, 0.25) is 0 Å². The molecule has 2 aliphatic rings. The summed E-state index contributed by atoms with van der Waals surface area (Å²) in [5, 5.41) is 11.3. The molecule has 1 N–H and O–H groups in total. The van der Waals surface area contributed by atoms with E-state index >= 15 is 0 Å². The van der Waals surface area contributed by atoms with Gasteiger partial charge in [0.2, 0.25) is 0 Å². The summed E-state index contributed by atoms with van der Waals surface area (Å²) < 4.78 is 0. The predicted molar refractivity (Wildman–Crippen MR) is 85.4 cm³/mol. The van der Waals surface area contributed by atoms with E-state index < -0.39 is 0 Å². The van der Waals surface area contributed by atoms with Crippen LogP contribution in [-0.2, 0) is 6.42 Å². The molecule has 1 saturated carbocycles. The SMILES string of the molecule is CC1CCCC(C(O)C2CCc3cccnc32)(N(C)C)C1. The average Bonchev–Trinajstić information content (AvgIpc) is 2.90. The minimum atomic E-state index is -0.314. The van der Waals surface area contributed by atoms with Gasteiger partial charge in [-0.3, -0.25) is 4.98 Å². The smallest absolute Gasteiger partial charge is 0.0807 e. The monoisotopic (exact) mass is 288 g/mol. The van der Waals surface area contributed by atoms with Gasteiger partial charge in [0, 0.05) is 23.3 Å². The number of aryl methyl sites for hydroxylation is 1. The van der Waals surface area contributed by atoms with Gasteiger partial charge in [-0.05, 0) is 57.3 Å². The standard InChI is InChI=1S/C18H28N2O/c1-13-6-4-10-18(12-13,20(2)3)17(21)15-9-8-14-7-5-11-19-16(14)15/h5,7,11,13,15,17,21H,4,6,8-10,12H2,1-3H3. The Morgan fingerprint density at radius 2 is 2.19 bits per heavy atom. The van der Waals surface area contributed by atoms with Crippen LogP contribution in [0.5, 0.6) is 0 Å². The summed E-state index contributed by atoms with van der Waals surface area (Å²) in [5.41, 5.74) is 2.39. The molecule has 0 saturated heterocycles. The zero-order valence-corrected chi connectivity index (χ0v) is 13.5. The topological polar surface area (TPSA) is 36.4 Å². The molecule has 0 spiro atoms. The third-order valence-corrected chi connectivity index (χ3v) is 5.83. The molecule has 0 radical (unpaired) electrons. The van der Waals surface area contributed by atoms with Crippen LogP contribution in [0.25, 0.3) is 0 Å². The minimum Gasteiger partial charge on any atom is -0.390 e. The van der Waals surface area contributed by atoms with Gasteiger partial charge in [-0.2, -0.15) is 0 Å². The van der Waals surface area contributed by atoms with Crippen molar-refractivity contribution in [2.45, 2.75) is 63.0 Å². The molecule has 0 bridgehead atoms. The summed E-state index contributed by atoms with van der Waals surface area (Å²) in [6.45, 7) is 2.32. The van der Waals surface area contributed by atoms with Crippen LogP contribution in [0.1, 0.15) is 56.2 Å². The van der Waals surface area contributed by atoms with Gasteiger partial charge in [0.15, 0.2) is 0 Å². The van der Waals surface area contributed by atoms with E-state index in [0.717, 1.165) is 31.4 Å². The van der Waals surface area contributed by atoms with E-state index in [-0.39, 0.29) is 17.6 Å². The first kappa shape index (κ1) is 15.0. The molecule has 4 unspecified atom stereocenters. The van der Waals surface area contributed by atoms with E-state index in [2.05, 4.69) is 37.0 Å². The number of aromatic nitrogens is 1. The van der Waals surface area contributed by atoms with Crippen LogP contribution < -0.4 is 0 Å². The Hall–Kier alpha value is -0.930. The molecule has 116 valence electrons. The number of aliphatic hydroxyl groups excluding tert-OH is 1. The number of hydrogen-bond donors (Lipinski definition) is 1. The molecule has 1 aromatic heterocycles. The fraction of sp³-hybridized carbons (Fsp3) is 0.722. The van der Waals surface area contributed by atoms with E-state index in [1.54, 1.807) is 0 Å². The van der Waals surface area contributed by atoms with Gasteiger partial charge in [-0.1, -0.05) is 25.8 Å². The third-order valence-electron chi connectivity index (χ3n) is 5.83. The maximum atomic E-state index is 11.3. The molecule has 0 aromatic carbocycles. The zero-order chi connectivity index (χ0) is 15.0. The van der Waals surface area contributed by atoms with E-state index in [1.807, 2.05) is 12.3 Å². The van der Waals surface area contributed by atoms with Crippen molar-refractivity contribution >= 4 is 0 Å². The van der Waals surface area contributed by atoms with Crippen LogP contribution >= 0.6 is 0 Å². The summed E-state index contributed by atoms with van der Waals surface area (Å²) in [6, 6.07) is 4.18. The number of nitrogens with zero attached hydrogens (tertiary/aromatic N) is 2. The minimum absolute atomic E-state index is 0.0819. The Morgan fingerprint density at radius 1 is 1.38 bits per heavy atom. The van der Waals surface area contributed by atoms with E-state index in [4.69, 9.17) is 0 Å². The normalized spacial score (nSPS) is 34.0. The molecule has 2 aliphatic carbocycles. The van der Waals surface area contributed by atoms with Crippen molar-refractivity contribution in [2.75, 3.05) is 14.1 Å². The van der Waals surface area contributed by atoms with Crippen molar-refractivity contribution in [2.24, 2.45) is 5.92 Å². The summed E-state index contributed by atoms with van der Waals surface area (Å²) in [6.07, 6.45) is 8.37. The zero-order valence-electron chi connectivity index (χ0n) is 13.5. The van der Waals surface area contributed by atoms with Crippen LogP contribution in [-0.4, -0.2) is 40.7 Å². The number of aliphatic hydroxyl groups is 1. The van der Waals surface area contributed by atoms with Crippen LogP contribution in [0.15, 0.2) is 18.3 Å². The molecule has 1 fully saturated rings. The Kier molecular flexibility index (Phi) is 4.06.